The van der Waals surface area contributed by atoms with Crippen LogP contribution < -0.4 is 11.1 Å². The van der Waals surface area contributed by atoms with Crippen LogP contribution in [0.25, 0.3) is 0 Å². The van der Waals surface area contributed by atoms with Gasteiger partial charge in [0.2, 0.25) is 5.91 Å². The van der Waals surface area contributed by atoms with Gasteiger partial charge in [0.1, 0.15) is 6.04 Å². The number of nitrogens with zero attached hydrogens (tertiary/aromatic N) is 1. The Labute approximate surface area is 124 Å². The molecule has 1 aliphatic heterocycles. The Hall–Kier alpha value is -1.79. The first-order chi connectivity index (χ1) is 9.83. The molecule has 1 aliphatic rings. The number of nitrogens with two attached hydrogens (primary N) is 1. The zero-order chi connectivity index (χ0) is 16.0. The second kappa shape index (κ2) is 7.28. The number of amides is 3. The summed E-state index contributed by atoms with van der Waals surface area (Å²) >= 11 is 0. The fraction of sp³-hybridized carbons (Fsp3) is 0.786. The zero-order valence-electron chi connectivity index (χ0n) is 12.7. The topological polar surface area (TPSA) is 113 Å². The number of urea groups is 1. The highest BCUT2D eigenvalue weighted by molar-refractivity contribution is 5.83. The summed E-state index contributed by atoms with van der Waals surface area (Å²) in [4.78, 5) is 35.7. The first-order valence-corrected chi connectivity index (χ1v) is 7.40. The third-order valence-electron chi connectivity index (χ3n) is 4.50. The molecule has 3 amide bonds. The van der Waals surface area contributed by atoms with Crippen LogP contribution in [0, 0.1) is 5.41 Å². The van der Waals surface area contributed by atoms with Crippen LogP contribution in [0.1, 0.15) is 46.0 Å². The number of carboxylic acid groups (broad SMARTS) is 1. The summed E-state index contributed by atoms with van der Waals surface area (Å²) < 4.78 is 0. The molecule has 0 aromatic heterocycles. The monoisotopic (exact) mass is 299 g/mol. The number of nitrogens with one attached hydrogen (secondary N) is 1. The molecule has 1 rings (SSSR count). The van der Waals surface area contributed by atoms with Crippen molar-refractivity contribution in [3.63, 3.8) is 0 Å². The van der Waals surface area contributed by atoms with E-state index >= 15 is 0 Å². The van der Waals surface area contributed by atoms with Crippen LogP contribution in [0.3, 0.4) is 0 Å². The van der Waals surface area contributed by atoms with Crippen molar-refractivity contribution in [1.29, 1.82) is 0 Å². The lowest BCUT2D eigenvalue weighted by Crippen LogP contribution is -2.48. The molecule has 0 bridgehead atoms. The molecule has 0 spiro atoms. The fourth-order valence-corrected chi connectivity index (χ4v) is 2.72. The van der Waals surface area contributed by atoms with E-state index in [4.69, 9.17) is 10.8 Å². The zero-order valence-corrected chi connectivity index (χ0v) is 12.7. The smallest absolute Gasteiger partial charge is 0.326 e. The van der Waals surface area contributed by atoms with Crippen molar-refractivity contribution in [3.8, 4) is 0 Å². The van der Waals surface area contributed by atoms with E-state index < -0.39 is 17.9 Å². The maximum atomic E-state index is 12.2. The van der Waals surface area contributed by atoms with E-state index in [1.54, 1.807) is 4.90 Å². The predicted molar refractivity (Wildman–Crippen MR) is 77.6 cm³/mol. The van der Waals surface area contributed by atoms with Gasteiger partial charge in [-0.1, -0.05) is 13.8 Å². The Balaban J connectivity index is 2.58. The average Bonchev–Trinajstić information content (AvgIpc) is 2.88. The number of carbonyl (C=O) groups is 3. The number of hydrogen-bond donors (Lipinski definition) is 3. The number of carbonyl (C=O) groups excluding carboxylic acids is 2. The molecule has 0 aromatic carbocycles. The average molecular weight is 299 g/mol. The molecule has 21 heavy (non-hydrogen) atoms. The second-order valence-electron chi connectivity index (χ2n) is 5.72. The minimum atomic E-state index is -1.15. The van der Waals surface area contributed by atoms with Crippen LogP contribution in [-0.4, -0.2) is 47.0 Å². The number of likely N-dealkylation sites (tertiary alicyclic amines) is 1. The molecule has 0 aliphatic carbocycles. The largest absolute Gasteiger partial charge is 0.480 e. The van der Waals surface area contributed by atoms with Gasteiger partial charge in [-0.2, -0.15) is 0 Å². The van der Waals surface area contributed by atoms with Crippen LogP contribution in [0.4, 0.5) is 4.79 Å². The quantitative estimate of drug-likeness (QED) is 0.649. The SMILES string of the molecule is CCC1(CC)CCN(C(=O)N[C@@H](CCC(N)=O)C(=O)O)C1. The standard InChI is InChI=1S/C14H25N3O4/c1-3-14(4-2)7-8-17(9-14)13(21)16-10(12(19)20)5-6-11(15)18/h10H,3-9H2,1-2H3,(H2,15,18)(H,16,21)(H,19,20)/t10-/m0/s1. The molecule has 1 atom stereocenters. The highest BCUT2D eigenvalue weighted by atomic mass is 16.4. The van der Waals surface area contributed by atoms with Crippen LogP contribution in [0.2, 0.25) is 0 Å². The predicted octanol–water partition coefficient (Wildman–Crippen LogP) is 0.927. The van der Waals surface area contributed by atoms with E-state index in [0.29, 0.717) is 13.1 Å². The Morgan fingerprint density at radius 1 is 1.33 bits per heavy atom. The highest BCUT2D eigenvalue weighted by Crippen LogP contribution is 2.36. The first kappa shape index (κ1) is 17.3. The third kappa shape index (κ3) is 4.61. The molecular weight excluding hydrogens is 274 g/mol. The van der Waals surface area contributed by atoms with Gasteiger partial charge in [0.25, 0.3) is 0 Å². The van der Waals surface area contributed by atoms with E-state index in [1.807, 2.05) is 0 Å². The van der Waals surface area contributed by atoms with Crippen molar-refractivity contribution in [2.24, 2.45) is 11.1 Å². The lowest BCUT2D eigenvalue weighted by atomic mass is 9.82. The Morgan fingerprint density at radius 3 is 2.38 bits per heavy atom. The lowest BCUT2D eigenvalue weighted by Gasteiger charge is -2.27. The van der Waals surface area contributed by atoms with Crippen LogP contribution in [0.15, 0.2) is 0 Å². The molecule has 4 N–H and O–H groups in total. The van der Waals surface area contributed by atoms with E-state index in [2.05, 4.69) is 19.2 Å². The van der Waals surface area contributed by atoms with E-state index in [0.717, 1.165) is 19.3 Å². The van der Waals surface area contributed by atoms with Gasteiger partial charge in [-0.3, -0.25) is 4.79 Å². The van der Waals surface area contributed by atoms with Crippen LogP contribution in [-0.2, 0) is 9.59 Å². The van der Waals surface area contributed by atoms with Crippen molar-refractivity contribution < 1.29 is 19.5 Å². The molecule has 1 saturated heterocycles. The third-order valence-corrected chi connectivity index (χ3v) is 4.50. The highest BCUT2D eigenvalue weighted by Gasteiger charge is 2.37. The van der Waals surface area contributed by atoms with Gasteiger partial charge in [0, 0.05) is 19.5 Å². The molecule has 120 valence electrons. The maximum Gasteiger partial charge on any atom is 0.326 e. The summed E-state index contributed by atoms with van der Waals surface area (Å²) in [6.07, 6.45) is 2.88. The number of rotatable bonds is 7. The number of carboxylic acids is 1. The van der Waals surface area contributed by atoms with Crippen molar-refractivity contribution in [1.82, 2.24) is 10.2 Å². The van der Waals surface area contributed by atoms with E-state index in [9.17, 15) is 14.4 Å². The Morgan fingerprint density at radius 2 is 1.95 bits per heavy atom. The van der Waals surface area contributed by atoms with Crippen molar-refractivity contribution in [2.75, 3.05) is 13.1 Å². The van der Waals surface area contributed by atoms with Gasteiger partial charge in [0.15, 0.2) is 0 Å². The molecule has 7 nitrogen and oxygen atoms in total. The molecule has 7 heteroatoms. The number of primary amides is 1. The summed E-state index contributed by atoms with van der Waals surface area (Å²) in [6, 6.07) is -1.46. The molecule has 0 radical (unpaired) electrons. The summed E-state index contributed by atoms with van der Waals surface area (Å²) in [5.41, 5.74) is 5.15. The van der Waals surface area contributed by atoms with Gasteiger partial charge >= 0.3 is 12.0 Å². The van der Waals surface area contributed by atoms with Crippen LogP contribution >= 0.6 is 0 Å². The fourth-order valence-electron chi connectivity index (χ4n) is 2.72. The van der Waals surface area contributed by atoms with Crippen LogP contribution in [0.5, 0.6) is 0 Å². The Kier molecular flexibility index (Phi) is 5.99. The summed E-state index contributed by atoms with van der Waals surface area (Å²) in [7, 11) is 0. The number of aliphatic carboxylic acids is 1. The minimum absolute atomic E-state index is 0.0109. The maximum absolute atomic E-state index is 12.2. The molecule has 1 heterocycles. The molecule has 0 unspecified atom stereocenters. The summed E-state index contributed by atoms with van der Waals surface area (Å²) in [5.74, 6) is -1.73. The molecule has 1 fully saturated rings. The van der Waals surface area contributed by atoms with Gasteiger partial charge in [-0.05, 0) is 31.1 Å². The van der Waals surface area contributed by atoms with Gasteiger partial charge in [-0.25, -0.2) is 9.59 Å². The Bertz CT molecular complexity index is 407. The van der Waals surface area contributed by atoms with Gasteiger partial charge in [0.05, 0.1) is 0 Å². The van der Waals surface area contributed by atoms with Crippen molar-refractivity contribution in [3.05, 3.63) is 0 Å². The molecule has 0 saturated carbocycles. The summed E-state index contributed by atoms with van der Waals surface area (Å²) in [6.45, 7) is 5.50. The first-order valence-electron chi connectivity index (χ1n) is 7.40. The normalized spacial score (nSPS) is 18.3. The van der Waals surface area contributed by atoms with Crippen molar-refractivity contribution in [2.45, 2.75) is 52.0 Å². The summed E-state index contributed by atoms with van der Waals surface area (Å²) in [5, 5.41) is 11.6. The van der Waals surface area contributed by atoms with Gasteiger partial charge in [-0.15, -0.1) is 0 Å². The van der Waals surface area contributed by atoms with Gasteiger partial charge < -0.3 is 21.1 Å². The van der Waals surface area contributed by atoms with E-state index in [1.165, 1.54) is 0 Å². The minimum Gasteiger partial charge on any atom is -0.480 e. The molecule has 0 aromatic rings. The van der Waals surface area contributed by atoms with Crippen molar-refractivity contribution >= 4 is 17.9 Å². The van der Waals surface area contributed by atoms with E-state index in [-0.39, 0.29) is 24.3 Å². The molecular formula is C14H25N3O4. The second-order valence-corrected chi connectivity index (χ2v) is 5.72. The lowest BCUT2D eigenvalue weighted by molar-refractivity contribution is -0.139. The number of hydrogen-bond acceptors (Lipinski definition) is 3.